The van der Waals surface area contributed by atoms with Crippen molar-refractivity contribution >= 4 is 0 Å². The first-order valence-corrected chi connectivity index (χ1v) is 9.26. The fourth-order valence-corrected chi connectivity index (χ4v) is 4.91. The van der Waals surface area contributed by atoms with Crippen molar-refractivity contribution in [2.45, 2.75) is 31.0 Å². The van der Waals surface area contributed by atoms with Crippen LogP contribution < -0.4 is 5.73 Å². The molecule has 25 heavy (non-hydrogen) atoms. The van der Waals surface area contributed by atoms with Crippen molar-refractivity contribution in [1.29, 1.82) is 0 Å². The minimum absolute atomic E-state index is 0.238. The summed E-state index contributed by atoms with van der Waals surface area (Å²) in [5.74, 6) is 0.638. The minimum Gasteiger partial charge on any atom is -0.370 e. The van der Waals surface area contributed by atoms with Crippen molar-refractivity contribution in [3.8, 4) is 0 Å². The van der Waals surface area contributed by atoms with E-state index in [0.29, 0.717) is 6.61 Å². The fourth-order valence-electron chi connectivity index (χ4n) is 4.91. The SMILES string of the molecule is CN1CC2CCN([C@H]3CO[C@H](c4cc(F)ccc4F)[C@@H](N)C3)CC2C1. The zero-order valence-electron chi connectivity index (χ0n) is 14.7. The van der Waals surface area contributed by atoms with Gasteiger partial charge < -0.3 is 15.4 Å². The van der Waals surface area contributed by atoms with Crippen LogP contribution in [-0.2, 0) is 4.74 Å². The van der Waals surface area contributed by atoms with Crippen molar-refractivity contribution in [2.24, 2.45) is 17.6 Å². The van der Waals surface area contributed by atoms with Gasteiger partial charge in [-0.15, -0.1) is 0 Å². The van der Waals surface area contributed by atoms with Crippen LogP contribution in [0, 0.1) is 23.5 Å². The maximum absolute atomic E-state index is 14.0. The average molecular weight is 351 g/mol. The number of hydrogen-bond donors (Lipinski definition) is 1. The molecular weight excluding hydrogens is 324 g/mol. The first-order valence-electron chi connectivity index (χ1n) is 9.26. The molecule has 5 atom stereocenters. The van der Waals surface area contributed by atoms with Gasteiger partial charge in [0.15, 0.2) is 0 Å². The second kappa shape index (κ2) is 6.91. The Morgan fingerprint density at radius 1 is 1.16 bits per heavy atom. The molecule has 0 spiro atoms. The molecule has 3 heterocycles. The van der Waals surface area contributed by atoms with E-state index in [4.69, 9.17) is 10.5 Å². The molecule has 0 aliphatic carbocycles. The Bertz CT molecular complexity index is 629. The number of likely N-dealkylation sites (tertiary alicyclic amines) is 2. The smallest absolute Gasteiger partial charge is 0.129 e. The summed E-state index contributed by atoms with van der Waals surface area (Å²) in [5, 5.41) is 0. The maximum Gasteiger partial charge on any atom is 0.129 e. The van der Waals surface area contributed by atoms with Crippen LogP contribution in [0.1, 0.15) is 24.5 Å². The summed E-state index contributed by atoms with van der Waals surface area (Å²) < 4.78 is 33.5. The molecule has 0 bridgehead atoms. The lowest BCUT2D eigenvalue weighted by Gasteiger charge is -2.44. The molecule has 2 unspecified atom stereocenters. The molecule has 0 aromatic heterocycles. The van der Waals surface area contributed by atoms with Crippen molar-refractivity contribution in [2.75, 3.05) is 39.8 Å². The predicted molar refractivity (Wildman–Crippen MR) is 92.1 cm³/mol. The molecule has 3 saturated heterocycles. The molecule has 4 nitrogen and oxygen atoms in total. The molecule has 4 rings (SSSR count). The number of benzene rings is 1. The van der Waals surface area contributed by atoms with E-state index >= 15 is 0 Å². The standard InChI is InChI=1S/C19H27F2N3O/c1-23-8-12-4-5-24(10-13(12)9-23)15-7-18(22)19(25-11-15)16-6-14(20)2-3-17(16)21/h2-3,6,12-13,15,18-19H,4-5,7-11,22H2,1H3/t12?,13?,15-,18+,19-/m1/s1. The van der Waals surface area contributed by atoms with Crippen LogP contribution in [0.4, 0.5) is 8.78 Å². The molecule has 1 aromatic rings. The van der Waals surface area contributed by atoms with Gasteiger partial charge in [0, 0.05) is 37.3 Å². The van der Waals surface area contributed by atoms with Crippen LogP contribution in [0.5, 0.6) is 0 Å². The van der Waals surface area contributed by atoms with E-state index in [0.717, 1.165) is 50.0 Å². The number of piperidine rings is 1. The molecule has 6 heteroatoms. The summed E-state index contributed by atoms with van der Waals surface area (Å²) >= 11 is 0. The third kappa shape index (κ3) is 3.45. The summed E-state index contributed by atoms with van der Waals surface area (Å²) in [6.07, 6.45) is 1.42. The van der Waals surface area contributed by atoms with Crippen LogP contribution in [0.2, 0.25) is 0 Å². The fraction of sp³-hybridized carbons (Fsp3) is 0.684. The highest BCUT2D eigenvalue weighted by atomic mass is 19.1. The Hall–Kier alpha value is -1.08. The summed E-state index contributed by atoms with van der Waals surface area (Å²) in [6.45, 7) is 5.07. The van der Waals surface area contributed by atoms with Gasteiger partial charge >= 0.3 is 0 Å². The van der Waals surface area contributed by atoms with Crippen molar-refractivity contribution in [3.05, 3.63) is 35.4 Å². The lowest BCUT2D eigenvalue weighted by atomic mass is 9.86. The van der Waals surface area contributed by atoms with Gasteiger partial charge in [-0.25, -0.2) is 8.78 Å². The Kier molecular flexibility index (Phi) is 4.79. The first-order chi connectivity index (χ1) is 12.0. The number of hydrogen-bond acceptors (Lipinski definition) is 4. The van der Waals surface area contributed by atoms with Crippen molar-refractivity contribution < 1.29 is 13.5 Å². The summed E-state index contributed by atoms with van der Waals surface area (Å²) in [6, 6.07) is 3.43. The highest BCUT2D eigenvalue weighted by molar-refractivity contribution is 5.23. The second-order valence-electron chi connectivity index (χ2n) is 8.00. The zero-order valence-corrected chi connectivity index (χ0v) is 14.7. The van der Waals surface area contributed by atoms with Gasteiger partial charge in [0.05, 0.1) is 6.61 Å². The number of nitrogens with zero attached hydrogens (tertiary/aromatic N) is 2. The Morgan fingerprint density at radius 3 is 2.76 bits per heavy atom. The van der Waals surface area contributed by atoms with Crippen LogP contribution in [0.15, 0.2) is 18.2 Å². The minimum atomic E-state index is -0.567. The van der Waals surface area contributed by atoms with Crippen LogP contribution in [0.3, 0.4) is 0 Å². The average Bonchev–Trinajstić information content (AvgIpc) is 2.96. The molecule has 3 aliphatic heterocycles. The lowest BCUT2D eigenvalue weighted by Crippen LogP contribution is -2.53. The second-order valence-corrected chi connectivity index (χ2v) is 8.00. The Labute approximate surface area is 147 Å². The number of nitrogens with two attached hydrogens (primary N) is 1. The zero-order chi connectivity index (χ0) is 17.6. The third-order valence-corrected chi connectivity index (χ3v) is 6.20. The number of rotatable bonds is 2. The quantitative estimate of drug-likeness (QED) is 0.885. The van der Waals surface area contributed by atoms with Gasteiger partial charge in [0.25, 0.3) is 0 Å². The topological polar surface area (TPSA) is 41.7 Å². The van der Waals surface area contributed by atoms with Crippen LogP contribution in [-0.4, -0.2) is 61.7 Å². The van der Waals surface area contributed by atoms with E-state index in [1.165, 1.54) is 19.0 Å². The first kappa shape index (κ1) is 17.3. The molecule has 3 aliphatic rings. The summed E-state index contributed by atoms with van der Waals surface area (Å²) in [4.78, 5) is 4.92. The molecular formula is C19H27F2N3O. The molecule has 0 amide bonds. The number of fused-ring (bicyclic) bond motifs is 1. The van der Waals surface area contributed by atoms with E-state index in [9.17, 15) is 8.78 Å². The monoisotopic (exact) mass is 351 g/mol. The van der Waals surface area contributed by atoms with Crippen LogP contribution >= 0.6 is 0 Å². The van der Waals surface area contributed by atoms with Gasteiger partial charge in [0.1, 0.15) is 17.7 Å². The van der Waals surface area contributed by atoms with Crippen molar-refractivity contribution in [1.82, 2.24) is 9.80 Å². The third-order valence-electron chi connectivity index (χ3n) is 6.20. The van der Waals surface area contributed by atoms with E-state index in [1.807, 2.05) is 0 Å². The van der Waals surface area contributed by atoms with E-state index < -0.39 is 17.7 Å². The van der Waals surface area contributed by atoms with Gasteiger partial charge in [-0.2, -0.15) is 0 Å². The Balaban J connectivity index is 1.41. The molecule has 2 N–H and O–H groups in total. The molecule has 138 valence electrons. The van der Waals surface area contributed by atoms with Crippen LogP contribution in [0.25, 0.3) is 0 Å². The molecule has 0 saturated carbocycles. The molecule has 1 aromatic carbocycles. The van der Waals surface area contributed by atoms with Gasteiger partial charge in [-0.05, 0) is 56.5 Å². The summed E-state index contributed by atoms with van der Waals surface area (Å²) in [7, 11) is 2.19. The van der Waals surface area contributed by atoms with E-state index in [-0.39, 0.29) is 17.6 Å². The summed E-state index contributed by atoms with van der Waals surface area (Å²) in [5.41, 5.74) is 6.54. The maximum atomic E-state index is 14.0. The van der Waals surface area contributed by atoms with Gasteiger partial charge in [-0.1, -0.05) is 0 Å². The molecule has 0 radical (unpaired) electrons. The lowest BCUT2D eigenvalue weighted by molar-refractivity contribution is -0.0616. The highest BCUT2D eigenvalue weighted by Gasteiger charge is 2.40. The van der Waals surface area contributed by atoms with E-state index in [2.05, 4.69) is 16.8 Å². The highest BCUT2D eigenvalue weighted by Crippen LogP contribution is 2.35. The van der Waals surface area contributed by atoms with Gasteiger partial charge in [0.2, 0.25) is 0 Å². The largest absolute Gasteiger partial charge is 0.370 e. The van der Waals surface area contributed by atoms with E-state index in [1.54, 1.807) is 0 Å². The van der Waals surface area contributed by atoms with Crippen molar-refractivity contribution in [3.63, 3.8) is 0 Å². The Morgan fingerprint density at radius 2 is 1.96 bits per heavy atom. The molecule has 3 fully saturated rings. The predicted octanol–water partition coefficient (Wildman–Crippen LogP) is 2.01. The normalized spacial score (nSPS) is 37.2. The number of halogens is 2. The number of ether oxygens (including phenoxy) is 1. The van der Waals surface area contributed by atoms with Gasteiger partial charge in [-0.3, -0.25) is 4.90 Å².